The lowest BCUT2D eigenvalue weighted by molar-refractivity contribution is 0.295. The molecule has 2 bridgehead atoms. The molecule has 1 heterocycles. The minimum absolute atomic E-state index is 0.700. The summed E-state index contributed by atoms with van der Waals surface area (Å²) in [5.74, 6) is 2.96. The van der Waals surface area contributed by atoms with Crippen LogP contribution in [0.2, 0.25) is 0 Å². The molecular weight excluding hydrogens is 198 g/mol. The Labute approximate surface area is 97.0 Å². The highest BCUT2D eigenvalue weighted by Gasteiger charge is 2.39. The molecule has 2 N–H and O–H groups in total. The molecule has 3 nitrogen and oxygen atoms in total. The maximum atomic E-state index is 5.53. The number of hydrogen-bond donors (Lipinski definition) is 1. The van der Waals surface area contributed by atoms with Crippen LogP contribution in [0.15, 0.2) is 12.5 Å². The maximum absolute atomic E-state index is 5.53. The maximum Gasteiger partial charge on any atom is 0.0949 e. The zero-order chi connectivity index (χ0) is 11.0. The van der Waals surface area contributed by atoms with Gasteiger partial charge in [-0.2, -0.15) is 0 Å². The van der Waals surface area contributed by atoms with Gasteiger partial charge in [-0.25, -0.2) is 4.98 Å². The fourth-order valence-corrected chi connectivity index (χ4v) is 3.65. The first-order chi connectivity index (χ1) is 7.85. The molecule has 16 heavy (non-hydrogen) atoms. The minimum atomic E-state index is 0.700. The topological polar surface area (TPSA) is 43.8 Å². The number of rotatable bonds is 4. The highest BCUT2D eigenvalue weighted by Crippen LogP contribution is 2.48. The molecule has 88 valence electrons. The van der Waals surface area contributed by atoms with Crippen molar-refractivity contribution in [1.29, 1.82) is 0 Å². The minimum Gasteiger partial charge on any atom is -0.337 e. The fraction of sp³-hybridized carbons (Fsp3) is 0.769. The Hall–Kier alpha value is -0.830. The molecule has 0 aromatic carbocycles. The molecule has 0 aliphatic heterocycles. The second-order valence-electron chi connectivity index (χ2n) is 5.54. The largest absolute Gasteiger partial charge is 0.337 e. The third kappa shape index (κ3) is 1.88. The van der Waals surface area contributed by atoms with Crippen molar-refractivity contribution < 1.29 is 0 Å². The molecule has 2 aliphatic rings. The van der Waals surface area contributed by atoms with E-state index in [-0.39, 0.29) is 0 Å². The van der Waals surface area contributed by atoms with E-state index in [1.54, 1.807) is 0 Å². The van der Waals surface area contributed by atoms with Gasteiger partial charge in [-0.15, -0.1) is 0 Å². The first kappa shape index (κ1) is 10.3. The summed E-state index contributed by atoms with van der Waals surface area (Å²) >= 11 is 0. The average molecular weight is 219 g/mol. The van der Waals surface area contributed by atoms with Gasteiger partial charge < -0.3 is 10.3 Å². The van der Waals surface area contributed by atoms with Crippen LogP contribution in [-0.2, 0) is 13.0 Å². The van der Waals surface area contributed by atoms with Gasteiger partial charge >= 0.3 is 0 Å². The van der Waals surface area contributed by atoms with Crippen LogP contribution in [0.4, 0.5) is 0 Å². The van der Waals surface area contributed by atoms with Crippen molar-refractivity contribution >= 4 is 0 Å². The van der Waals surface area contributed by atoms with Crippen molar-refractivity contribution in [2.45, 2.75) is 38.6 Å². The van der Waals surface area contributed by atoms with Gasteiger partial charge in [0.25, 0.3) is 0 Å². The SMILES string of the molecule is NCCc1cn(CC2CC3CCC2C3)cn1. The van der Waals surface area contributed by atoms with E-state index in [4.69, 9.17) is 5.73 Å². The molecule has 2 saturated carbocycles. The van der Waals surface area contributed by atoms with E-state index in [0.29, 0.717) is 6.54 Å². The number of nitrogens with two attached hydrogens (primary N) is 1. The average Bonchev–Trinajstić information content (AvgIpc) is 2.95. The van der Waals surface area contributed by atoms with Crippen LogP contribution in [0, 0.1) is 17.8 Å². The van der Waals surface area contributed by atoms with E-state index >= 15 is 0 Å². The zero-order valence-corrected chi connectivity index (χ0v) is 9.81. The van der Waals surface area contributed by atoms with Crippen LogP contribution in [0.3, 0.4) is 0 Å². The van der Waals surface area contributed by atoms with Gasteiger partial charge in [0.1, 0.15) is 0 Å². The van der Waals surface area contributed by atoms with Crippen LogP contribution in [0.5, 0.6) is 0 Å². The van der Waals surface area contributed by atoms with Gasteiger partial charge in [-0.05, 0) is 43.6 Å². The van der Waals surface area contributed by atoms with Crippen molar-refractivity contribution in [3.8, 4) is 0 Å². The second-order valence-corrected chi connectivity index (χ2v) is 5.54. The molecule has 0 amide bonds. The smallest absolute Gasteiger partial charge is 0.0949 e. The Morgan fingerprint density at radius 1 is 1.38 bits per heavy atom. The first-order valence-corrected chi connectivity index (χ1v) is 6.56. The Kier molecular flexibility index (Phi) is 2.72. The number of nitrogens with zero attached hydrogens (tertiary/aromatic N) is 2. The van der Waals surface area contributed by atoms with Gasteiger partial charge in [-0.1, -0.05) is 6.42 Å². The van der Waals surface area contributed by atoms with Crippen LogP contribution in [0.1, 0.15) is 31.4 Å². The van der Waals surface area contributed by atoms with Gasteiger partial charge in [0.05, 0.1) is 12.0 Å². The molecule has 1 aromatic rings. The van der Waals surface area contributed by atoms with Crippen molar-refractivity contribution in [3.63, 3.8) is 0 Å². The third-order valence-electron chi connectivity index (χ3n) is 4.42. The van der Waals surface area contributed by atoms with Crippen molar-refractivity contribution in [2.75, 3.05) is 6.54 Å². The first-order valence-electron chi connectivity index (χ1n) is 6.56. The van der Waals surface area contributed by atoms with Gasteiger partial charge in [0.15, 0.2) is 0 Å². The zero-order valence-electron chi connectivity index (χ0n) is 9.81. The van der Waals surface area contributed by atoms with Gasteiger partial charge in [0.2, 0.25) is 0 Å². The lowest BCUT2D eigenvalue weighted by Crippen LogP contribution is -2.16. The molecule has 0 saturated heterocycles. The summed E-state index contributed by atoms with van der Waals surface area (Å²) in [6, 6.07) is 0. The molecular formula is C13H21N3. The van der Waals surface area contributed by atoms with Gasteiger partial charge in [0, 0.05) is 19.2 Å². The normalized spacial score (nSPS) is 32.4. The van der Waals surface area contributed by atoms with Crippen LogP contribution < -0.4 is 5.73 Å². The lowest BCUT2D eigenvalue weighted by atomic mass is 9.89. The number of aromatic nitrogens is 2. The molecule has 0 spiro atoms. The van der Waals surface area contributed by atoms with Crippen LogP contribution >= 0.6 is 0 Å². The summed E-state index contributed by atoms with van der Waals surface area (Å²) in [6.07, 6.45) is 11.0. The summed E-state index contributed by atoms with van der Waals surface area (Å²) in [6.45, 7) is 1.88. The molecule has 3 atom stereocenters. The Bertz CT molecular complexity index is 358. The van der Waals surface area contributed by atoms with Crippen molar-refractivity contribution in [3.05, 3.63) is 18.2 Å². The molecule has 3 unspecified atom stereocenters. The highest BCUT2D eigenvalue weighted by atomic mass is 15.0. The van der Waals surface area contributed by atoms with E-state index in [1.807, 2.05) is 6.33 Å². The summed E-state index contributed by atoms with van der Waals surface area (Å²) < 4.78 is 2.27. The monoisotopic (exact) mass is 219 g/mol. The summed E-state index contributed by atoms with van der Waals surface area (Å²) in [4.78, 5) is 4.39. The lowest BCUT2D eigenvalue weighted by Gasteiger charge is -2.21. The molecule has 2 fully saturated rings. The molecule has 2 aliphatic carbocycles. The summed E-state index contributed by atoms with van der Waals surface area (Å²) in [7, 11) is 0. The molecule has 3 heteroatoms. The van der Waals surface area contributed by atoms with E-state index in [2.05, 4.69) is 15.7 Å². The van der Waals surface area contributed by atoms with Crippen molar-refractivity contribution in [2.24, 2.45) is 23.5 Å². The Morgan fingerprint density at radius 2 is 2.31 bits per heavy atom. The number of imidazole rings is 1. The fourth-order valence-electron chi connectivity index (χ4n) is 3.65. The molecule has 3 rings (SSSR count). The standard InChI is InChI=1S/C13H21N3/c14-4-3-13-8-16(9-15-13)7-12-6-10-1-2-11(12)5-10/h8-12H,1-7,14H2. The molecule has 0 radical (unpaired) electrons. The van der Waals surface area contributed by atoms with E-state index < -0.39 is 0 Å². The van der Waals surface area contributed by atoms with Crippen LogP contribution in [-0.4, -0.2) is 16.1 Å². The predicted octanol–water partition coefficient (Wildman–Crippen LogP) is 1.82. The van der Waals surface area contributed by atoms with E-state index in [9.17, 15) is 0 Å². The van der Waals surface area contributed by atoms with E-state index in [1.165, 1.54) is 32.2 Å². The Balaban J connectivity index is 1.61. The van der Waals surface area contributed by atoms with Crippen LogP contribution in [0.25, 0.3) is 0 Å². The van der Waals surface area contributed by atoms with Crippen molar-refractivity contribution in [1.82, 2.24) is 9.55 Å². The second kappa shape index (κ2) is 4.21. The summed E-state index contributed by atoms with van der Waals surface area (Å²) in [5.41, 5.74) is 6.68. The predicted molar refractivity (Wildman–Crippen MR) is 63.9 cm³/mol. The highest BCUT2D eigenvalue weighted by molar-refractivity contribution is 4.98. The quantitative estimate of drug-likeness (QED) is 0.839. The number of hydrogen-bond acceptors (Lipinski definition) is 2. The summed E-state index contributed by atoms with van der Waals surface area (Å²) in [5, 5.41) is 0. The van der Waals surface area contributed by atoms with E-state index in [0.717, 1.165) is 29.9 Å². The molecule has 1 aromatic heterocycles. The van der Waals surface area contributed by atoms with Gasteiger partial charge in [-0.3, -0.25) is 0 Å². The Morgan fingerprint density at radius 3 is 3.00 bits per heavy atom. The third-order valence-corrected chi connectivity index (χ3v) is 4.42. The number of fused-ring (bicyclic) bond motifs is 2.